The molecule has 9 heteroatoms. The third kappa shape index (κ3) is 3.47. The van der Waals surface area contributed by atoms with Crippen molar-refractivity contribution in [2.75, 3.05) is 11.9 Å². The second kappa shape index (κ2) is 7.23. The molecule has 3 aromatic heterocycles. The summed E-state index contributed by atoms with van der Waals surface area (Å²) in [7, 11) is 0. The molecule has 1 atom stereocenters. The van der Waals surface area contributed by atoms with Crippen LogP contribution in [0.25, 0.3) is 11.2 Å². The Bertz CT molecular complexity index is 881. The van der Waals surface area contributed by atoms with Crippen LogP contribution in [0.1, 0.15) is 31.1 Å². The second-order valence-corrected chi connectivity index (χ2v) is 6.84. The molecule has 0 amide bonds. The van der Waals surface area contributed by atoms with E-state index >= 15 is 0 Å². The molecule has 7 nitrogen and oxygen atoms in total. The highest BCUT2D eigenvalue weighted by Crippen LogP contribution is 2.32. The van der Waals surface area contributed by atoms with E-state index in [0.717, 1.165) is 31.4 Å². The van der Waals surface area contributed by atoms with Gasteiger partial charge in [-0.25, -0.2) is 4.98 Å². The first-order valence-electron chi connectivity index (χ1n) is 8.08. The van der Waals surface area contributed by atoms with E-state index in [1.54, 1.807) is 12.4 Å². The number of hydrogen-bond donors (Lipinski definition) is 1. The lowest BCUT2D eigenvalue weighted by molar-refractivity contribution is -0.0311. The first-order valence-corrected chi connectivity index (χ1v) is 9.25. The minimum atomic E-state index is -0.0906. The highest BCUT2D eigenvalue weighted by Gasteiger charge is 2.24. The highest BCUT2D eigenvalue weighted by atomic mass is 79.9. The van der Waals surface area contributed by atoms with Gasteiger partial charge in [0.15, 0.2) is 21.7 Å². The molecule has 0 radical (unpaired) electrons. The molecule has 0 saturated carbocycles. The Morgan fingerprint density at radius 2 is 2.08 bits per heavy atom. The van der Waals surface area contributed by atoms with Gasteiger partial charge in [0.25, 0.3) is 0 Å². The van der Waals surface area contributed by atoms with Crippen molar-refractivity contribution in [3.63, 3.8) is 0 Å². The normalized spacial score (nSPS) is 17.8. The number of nitrogens with one attached hydrogen (secondary N) is 1. The van der Waals surface area contributed by atoms with Crippen molar-refractivity contribution >= 4 is 44.5 Å². The van der Waals surface area contributed by atoms with Crippen LogP contribution in [-0.2, 0) is 11.3 Å². The number of fused-ring (bicyclic) bond motifs is 1. The van der Waals surface area contributed by atoms with Crippen molar-refractivity contribution in [3.8, 4) is 0 Å². The topological polar surface area (TPSA) is 77.8 Å². The summed E-state index contributed by atoms with van der Waals surface area (Å²) in [5.74, 6) is 0.599. The molecule has 1 N–H and O–H groups in total. The molecule has 0 aromatic carbocycles. The Kier molecular flexibility index (Phi) is 4.82. The third-order valence-corrected chi connectivity index (χ3v) is 4.85. The van der Waals surface area contributed by atoms with Crippen LogP contribution in [0.4, 0.5) is 5.82 Å². The van der Waals surface area contributed by atoms with Gasteiger partial charge in [0.05, 0.1) is 0 Å². The quantitative estimate of drug-likeness (QED) is 0.506. The molecule has 1 aliphatic heterocycles. The molecule has 4 heterocycles. The summed E-state index contributed by atoms with van der Waals surface area (Å²) in [6, 6.07) is 3.88. The number of rotatable bonds is 4. The number of aromatic nitrogens is 5. The Morgan fingerprint density at radius 3 is 2.84 bits per heavy atom. The van der Waals surface area contributed by atoms with Gasteiger partial charge in [-0.2, -0.15) is 9.97 Å². The minimum absolute atomic E-state index is 0.0906. The zero-order valence-corrected chi connectivity index (χ0v) is 15.7. The number of nitrogens with zero attached hydrogens (tertiary/aromatic N) is 5. The van der Waals surface area contributed by atoms with Gasteiger partial charge in [-0.05, 0) is 64.5 Å². The van der Waals surface area contributed by atoms with Gasteiger partial charge in [-0.1, -0.05) is 0 Å². The van der Waals surface area contributed by atoms with Crippen LogP contribution in [0, 0.1) is 0 Å². The molecule has 1 saturated heterocycles. The molecule has 1 aliphatic rings. The number of hydrogen-bond acceptors (Lipinski definition) is 6. The number of imidazole rings is 1. The van der Waals surface area contributed by atoms with Gasteiger partial charge >= 0.3 is 0 Å². The Balaban J connectivity index is 1.70. The summed E-state index contributed by atoms with van der Waals surface area (Å²) >= 11 is 9.68. The van der Waals surface area contributed by atoms with Crippen molar-refractivity contribution in [1.82, 2.24) is 24.5 Å². The Morgan fingerprint density at radius 1 is 1.24 bits per heavy atom. The molecule has 0 spiro atoms. The van der Waals surface area contributed by atoms with Gasteiger partial charge in [0.1, 0.15) is 6.23 Å². The summed E-state index contributed by atoms with van der Waals surface area (Å²) in [5.41, 5.74) is 2.42. The van der Waals surface area contributed by atoms with E-state index in [2.05, 4.69) is 41.2 Å². The van der Waals surface area contributed by atoms with E-state index in [1.807, 2.05) is 16.7 Å². The van der Waals surface area contributed by atoms with Crippen LogP contribution in [0.2, 0.25) is 5.28 Å². The van der Waals surface area contributed by atoms with E-state index in [1.165, 1.54) is 0 Å². The zero-order chi connectivity index (χ0) is 17.2. The van der Waals surface area contributed by atoms with Crippen molar-refractivity contribution < 1.29 is 4.74 Å². The number of ether oxygens (including phenoxy) is 1. The zero-order valence-electron chi connectivity index (χ0n) is 13.3. The maximum atomic E-state index is 6.16. The summed E-state index contributed by atoms with van der Waals surface area (Å²) in [4.78, 5) is 17.3. The average Bonchev–Trinajstić information content (AvgIpc) is 2.97. The number of halogens is 2. The average molecular weight is 424 g/mol. The molecule has 4 rings (SSSR count). The molecular formula is C16H16BrClN6O. The Labute approximate surface area is 157 Å². The van der Waals surface area contributed by atoms with E-state index < -0.39 is 0 Å². The predicted octanol–water partition coefficient (Wildman–Crippen LogP) is 3.95. The monoisotopic (exact) mass is 422 g/mol. The summed E-state index contributed by atoms with van der Waals surface area (Å²) in [5, 5.41) is 3.46. The summed E-state index contributed by atoms with van der Waals surface area (Å²) in [6.07, 6.45) is 6.53. The number of anilines is 1. The van der Waals surface area contributed by atoms with Crippen molar-refractivity contribution in [2.24, 2.45) is 0 Å². The van der Waals surface area contributed by atoms with E-state index in [0.29, 0.717) is 28.3 Å². The highest BCUT2D eigenvalue weighted by molar-refractivity contribution is 9.10. The first-order chi connectivity index (χ1) is 12.2. The second-order valence-electron chi connectivity index (χ2n) is 5.79. The molecule has 1 fully saturated rings. The van der Waals surface area contributed by atoms with E-state index in [-0.39, 0.29) is 11.5 Å². The molecular weight excluding hydrogens is 408 g/mol. The molecule has 1 unspecified atom stereocenters. The number of pyridine rings is 1. The fraction of sp³-hybridized carbons (Fsp3) is 0.375. The summed E-state index contributed by atoms with van der Waals surface area (Å²) in [6.45, 7) is 1.33. The molecule has 0 aliphatic carbocycles. The molecule has 0 bridgehead atoms. The van der Waals surface area contributed by atoms with E-state index in [4.69, 9.17) is 16.3 Å². The summed E-state index contributed by atoms with van der Waals surface area (Å²) < 4.78 is 8.49. The lowest BCUT2D eigenvalue weighted by Crippen LogP contribution is -2.18. The van der Waals surface area contributed by atoms with Crippen molar-refractivity contribution in [3.05, 3.63) is 40.1 Å². The third-order valence-electron chi connectivity index (χ3n) is 4.12. The molecule has 3 aromatic rings. The molecule has 130 valence electrons. The Hall–Kier alpha value is -1.77. The maximum Gasteiger partial charge on any atom is 0.226 e. The van der Waals surface area contributed by atoms with Crippen LogP contribution in [-0.4, -0.2) is 31.1 Å². The minimum Gasteiger partial charge on any atom is -0.364 e. The van der Waals surface area contributed by atoms with Crippen LogP contribution < -0.4 is 5.32 Å². The van der Waals surface area contributed by atoms with Gasteiger partial charge in [-0.15, -0.1) is 0 Å². The lowest BCUT2D eigenvalue weighted by atomic mass is 10.2. The van der Waals surface area contributed by atoms with Gasteiger partial charge in [0, 0.05) is 25.5 Å². The maximum absolute atomic E-state index is 6.16. The fourth-order valence-electron chi connectivity index (χ4n) is 2.91. The first kappa shape index (κ1) is 16.7. The predicted molar refractivity (Wildman–Crippen MR) is 98.4 cm³/mol. The largest absolute Gasteiger partial charge is 0.364 e. The standard InChI is InChI=1S/C16H16BrClN6O/c17-15-21-12-13(20-9-10-4-6-19-7-5-10)22-16(18)23-14(12)24(15)11-3-1-2-8-25-11/h4-7,11H,1-3,8-9H2,(H,20,22,23). The molecule has 25 heavy (non-hydrogen) atoms. The van der Waals surface area contributed by atoms with Gasteiger partial charge in [-0.3, -0.25) is 9.55 Å². The smallest absolute Gasteiger partial charge is 0.226 e. The van der Waals surface area contributed by atoms with Crippen molar-refractivity contribution in [1.29, 1.82) is 0 Å². The van der Waals surface area contributed by atoms with Crippen molar-refractivity contribution in [2.45, 2.75) is 32.0 Å². The van der Waals surface area contributed by atoms with Gasteiger partial charge < -0.3 is 10.1 Å². The van der Waals surface area contributed by atoms with Crippen LogP contribution in [0.15, 0.2) is 29.3 Å². The SMILES string of the molecule is Clc1nc(NCc2ccncc2)c2nc(Br)n(C3CCCCO3)c2n1. The lowest BCUT2D eigenvalue weighted by Gasteiger charge is -2.24. The van der Waals surface area contributed by atoms with Gasteiger partial charge in [0.2, 0.25) is 5.28 Å². The fourth-order valence-corrected chi connectivity index (χ4v) is 3.65. The van der Waals surface area contributed by atoms with Crippen LogP contribution in [0.5, 0.6) is 0 Å². The van der Waals surface area contributed by atoms with Crippen LogP contribution in [0.3, 0.4) is 0 Å². The van der Waals surface area contributed by atoms with Crippen LogP contribution >= 0.6 is 27.5 Å². The van der Waals surface area contributed by atoms with E-state index in [9.17, 15) is 0 Å².